The zero-order chi connectivity index (χ0) is 34.2. The van der Waals surface area contributed by atoms with Crippen LogP contribution in [-0.4, -0.2) is 85.4 Å². The van der Waals surface area contributed by atoms with E-state index >= 15 is 0 Å². The van der Waals surface area contributed by atoms with Gasteiger partial charge in [0, 0.05) is 18.0 Å². The third-order valence-electron chi connectivity index (χ3n) is 10.5. The van der Waals surface area contributed by atoms with Gasteiger partial charge in [-0.25, -0.2) is 9.59 Å². The summed E-state index contributed by atoms with van der Waals surface area (Å²) >= 11 is 0. The van der Waals surface area contributed by atoms with E-state index in [2.05, 4.69) is 50.1 Å². The molecular weight excluding hydrogens is 608 g/mol. The lowest BCUT2D eigenvalue weighted by Gasteiger charge is -2.61. The van der Waals surface area contributed by atoms with Gasteiger partial charge < -0.3 is 38.7 Å². The molecule has 1 amide bonds. The number of carbonyl (C=O) groups is 3. The molecule has 12 heteroatoms. The van der Waals surface area contributed by atoms with Gasteiger partial charge in [0.2, 0.25) is 0 Å². The van der Waals surface area contributed by atoms with Crippen LogP contribution in [0.2, 0.25) is 18.1 Å². The molecule has 4 aliphatic rings. The lowest BCUT2D eigenvalue weighted by atomic mass is 9.50. The second-order valence-corrected chi connectivity index (χ2v) is 20.5. The molecule has 6 atom stereocenters. The predicted molar refractivity (Wildman–Crippen MR) is 173 cm³/mol. The van der Waals surface area contributed by atoms with Crippen molar-refractivity contribution >= 4 is 26.3 Å². The lowest BCUT2D eigenvalue weighted by Crippen LogP contribution is -2.74. The Bertz CT molecular complexity index is 1460. The van der Waals surface area contributed by atoms with Crippen molar-refractivity contribution < 1.29 is 42.9 Å². The number of likely N-dealkylation sites (tertiary alicyclic amines) is 1. The summed E-state index contributed by atoms with van der Waals surface area (Å²) < 4.78 is 29.7. The summed E-state index contributed by atoms with van der Waals surface area (Å²) in [5.74, 6) is 0.197. The third kappa shape index (κ3) is 5.59. The molecule has 11 nitrogen and oxygen atoms in total. The van der Waals surface area contributed by atoms with E-state index < -0.39 is 61.2 Å². The largest absolute Gasteiger partial charge is 0.541 e. The molecule has 0 unspecified atom stereocenters. The number of hydrogen-bond donors (Lipinski definition) is 2. The van der Waals surface area contributed by atoms with Crippen LogP contribution in [0.3, 0.4) is 0 Å². The van der Waals surface area contributed by atoms with Gasteiger partial charge in [0.15, 0.2) is 18.0 Å². The Kier molecular flexibility index (Phi) is 8.39. The van der Waals surface area contributed by atoms with Crippen molar-refractivity contribution in [3.8, 4) is 11.5 Å². The number of esters is 1. The van der Waals surface area contributed by atoms with Gasteiger partial charge in [0.1, 0.15) is 23.2 Å². The van der Waals surface area contributed by atoms with Gasteiger partial charge in [-0.3, -0.25) is 4.79 Å². The monoisotopic (exact) mass is 658 g/mol. The van der Waals surface area contributed by atoms with Crippen LogP contribution in [0, 0.1) is 0 Å². The first-order chi connectivity index (χ1) is 21.1. The molecule has 2 heterocycles. The first-order valence-electron chi connectivity index (χ1n) is 16.2. The molecule has 1 aromatic rings. The molecule has 2 aliphatic carbocycles. The number of aliphatic hydroxyl groups is 1. The maximum atomic E-state index is 13.4. The van der Waals surface area contributed by atoms with E-state index in [4.69, 9.17) is 23.4 Å². The molecule has 5 rings (SSSR count). The van der Waals surface area contributed by atoms with Crippen molar-refractivity contribution in [3.63, 3.8) is 0 Å². The molecule has 1 aromatic carbocycles. The maximum absolute atomic E-state index is 13.4. The summed E-state index contributed by atoms with van der Waals surface area (Å²) in [5.41, 5.74) is -0.712. The molecule has 1 fully saturated rings. The predicted octanol–water partition coefficient (Wildman–Crippen LogP) is 4.74. The Balaban J connectivity index is 1.41. The number of amides is 1. The molecule has 0 aromatic heterocycles. The Labute approximate surface area is 273 Å². The molecule has 1 spiro atoms. The van der Waals surface area contributed by atoms with Gasteiger partial charge in [-0.2, -0.15) is 0 Å². The van der Waals surface area contributed by atoms with Crippen molar-refractivity contribution in [2.45, 2.75) is 134 Å². The Morgan fingerprint density at radius 2 is 1.80 bits per heavy atom. The van der Waals surface area contributed by atoms with E-state index in [1.807, 2.05) is 13.1 Å². The van der Waals surface area contributed by atoms with E-state index in [1.54, 1.807) is 26.8 Å². The van der Waals surface area contributed by atoms with Crippen LogP contribution in [0.4, 0.5) is 4.79 Å². The first-order valence-corrected chi connectivity index (χ1v) is 19.1. The van der Waals surface area contributed by atoms with Crippen molar-refractivity contribution in [2.75, 3.05) is 13.6 Å². The number of nitrogens with one attached hydrogen (secondary N) is 1. The van der Waals surface area contributed by atoms with Crippen molar-refractivity contribution in [1.29, 1.82) is 0 Å². The van der Waals surface area contributed by atoms with E-state index in [1.165, 1.54) is 13.8 Å². The van der Waals surface area contributed by atoms with Crippen LogP contribution < -0.4 is 14.5 Å². The van der Waals surface area contributed by atoms with Crippen molar-refractivity contribution in [3.05, 3.63) is 35.1 Å². The fourth-order valence-electron chi connectivity index (χ4n) is 7.00. The lowest BCUT2D eigenvalue weighted by molar-refractivity contribution is -0.170. The van der Waals surface area contributed by atoms with Gasteiger partial charge in [-0.05, 0) is 96.9 Å². The quantitative estimate of drug-likeness (QED) is 0.313. The van der Waals surface area contributed by atoms with Crippen LogP contribution >= 0.6 is 0 Å². The summed E-state index contributed by atoms with van der Waals surface area (Å²) in [6, 6.07) is 2.87. The first kappa shape index (κ1) is 34.2. The maximum Gasteiger partial charge on any atom is 0.509 e. The van der Waals surface area contributed by atoms with Gasteiger partial charge >= 0.3 is 12.1 Å². The molecular formula is C34H50N2O9Si. The SMILES string of the molecule is C[C@H](NC(=O)[C@H](C)OC(=O)OC(C)(C)C)C(=O)OC1=CC[C@@]2(O)[C@@H]3Cc4ccc(O[Si](C)(C)C(C)(C)C)c5c4[C@@]2(CCN3C)[C@H]1O5. The number of nitrogens with zero attached hydrogens (tertiary/aromatic N) is 1. The fourth-order valence-corrected chi connectivity index (χ4v) is 8.02. The fraction of sp³-hybridized carbons (Fsp3) is 0.676. The summed E-state index contributed by atoms with van der Waals surface area (Å²) in [4.78, 5) is 40.4. The minimum atomic E-state index is -2.25. The third-order valence-corrected chi connectivity index (χ3v) is 14.8. The van der Waals surface area contributed by atoms with E-state index in [9.17, 15) is 19.5 Å². The Hall–Kier alpha value is -3.09. The number of likely N-dealkylation sites (N-methyl/N-ethyl adjacent to an activating group) is 1. The molecule has 0 saturated carbocycles. The molecule has 1 saturated heterocycles. The zero-order valence-electron chi connectivity index (χ0n) is 29.0. The van der Waals surface area contributed by atoms with Crippen LogP contribution in [0.25, 0.3) is 0 Å². The van der Waals surface area contributed by atoms with Crippen molar-refractivity contribution in [2.24, 2.45) is 0 Å². The van der Waals surface area contributed by atoms with Crippen molar-refractivity contribution in [1.82, 2.24) is 10.2 Å². The van der Waals surface area contributed by atoms with E-state index in [0.29, 0.717) is 30.1 Å². The normalized spacial score (nSPS) is 28.1. The minimum Gasteiger partial charge on any atom is -0.541 e. The number of piperidine rings is 1. The van der Waals surface area contributed by atoms with Gasteiger partial charge in [-0.1, -0.05) is 26.8 Å². The number of ether oxygens (including phenoxy) is 4. The van der Waals surface area contributed by atoms with Crippen LogP contribution in [-0.2, 0) is 35.6 Å². The highest BCUT2D eigenvalue weighted by Crippen LogP contribution is 2.65. The van der Waals surface area contributed by atoms with Crippen LogP contribution in [0.1, 0.15) is 79.4 Å². The number of hydrogen-bond acceptors (Lipinski definition) is 10. The highest BCUT2D eigenvalue weighted by molar-refractivity contribution is 6.74. The second kappa shape index (κ2) is 11.3. The highest BCUT2D eigenvalue weighted by atomic mass is 28.4. The molecule has 0 radical (unpaired) electrons. The summed E-state index contributed by atoms with van der Waals surface area (Å²) in [5, 5.41) is 15.1. The molecule has 254 valence electrons. The summed E-state index contributed by atoms with van der Waals surface area (Å²) in [6.07, 6.45) is 0.356. The van der Waals surface area contributed by atoms with Gasteiger partial charge in [-0.15, -0.1) is 0 Å². The highest BCUT2D eigenvalue weighted by Gasteiger charge is 2.72. The minimum absolute atomic E-state index is 0.0464. The zero-order valence-corrected chi connectivity index (χ0v) is 30.0. The molecule has 2 aliphatic heterocycles. The molecule has 2 bridgehead atoms. The topological polar surface area (TPSA) is 133 Å². The standard InChI is InChI=1S/C34H50N2O9Si/c1-19(35-28(37)20(2)41-30(39)44-31(3,4)5)29(38)42-23-14-15-34(40)24-18-21-12-13-22(45-46(10,11)32(6,7)8)26-25(21)33(34,27(23)43-26)16-17-36(24)9/h12-14,19-20,24,27,40H,15-18H2,1-11H3,(H,35,37)/t19-,20-,24-,27-,33-,34+/m0/s1. The number of benzene rings is 1. The average molecular weight is 659 g/mol. The summed E-state index contributed by atoms with van der Waals surface area (Å²) in [6.45, 7) is 19.6. The molecule has 46 heavy (non-hydrogen) atoms. The van der Waals surface area contributed by atoms with Gasteiger partial charge in [0.25, 0.3) is 14.2 Å². The Morgan fingerprint density at radius 3 is 2.43 bits per heavy atom. The van der Waals surface area contributed by atoms with Crippen LogP contribution in [0.5, 0.6) is 11.5 Å². The van der Waals surface area contributed by atoms with E-state index in [0.717, 1.165) is 17.7 Å². The Morgan fingerprint density at radius 1 is 1.13 bits per heavy atom. The number of carbonyl (C=O) groups excluding carboxylic acids is 3. The van der Waals surface area contributed by atoms with Gasteiger partial charge in [0.05, 0.1) is 11.0 Å². The number of rotatable bonds is 7. The van der Waals surface area contributed by atoms with E-state index in [-0.39, 0.29) is 17.5 Å². The molecule has 2 N–H and O–H groups in total. The summed E-state index contributed by atoms with van der Waals surface area (Å²) in [7, 11) is -0.213. The smallest absolute Gasteiger partial charge is 0.509 e. The average Bonchev–Trinajstić information content (AvgIpc) is 3.27. The van der Waals surface area contributed by atoms with Crippen LogP contribution in [0.15, 0.2) is 24.0 Å². The second-order valence-electron chi connectivity index (χ2n) is 15.8.